The Hall–Kier alpha value is -0.640. The van der Waals surface area contributed by atoms with E-state index in [1.54, 1.807) is 0 Å². The summed E-state index contributed by atoms with van der Waals surface area (Å²) < 4.78 is 2.86. The lowest BCUT2D eigenvalue weighted by molar-refractivity contribution is 0.701. The van der Waals surface area contributed by atoms with E-state index in [9.17, 15) is 0 Å². The molecule has 0 aliphatic heterocycles. The summed E-state index contributed by atoms with van der Waals surface area (Å²) in [4.78, 5) is 0. The molecule has 0 atom stereocenters. The van der Waals surface area contributed by atoms with E-state index in [0.717, 1.165) is 10.6 Å². The maximum Gasteiger partial charge on any atom is 0.195 e. The zero-order valence-corrected chi connectivity index (χ0v) is 6.61. The number of rotatable bonds is 1. The molecule has 1 aliphatic rings. The second kappa shape index (κ2) is 1.92. The Balaban J connectivity index is 2.54. The summed E-state index contributed by atoms with van der Waals surface area (Å²) in [6, 6.07) is 0.645. The molecule has 1 saturated carbocycles. The van der Waals surface area contributed by atoms with Crippen LogP contribution in [0.4, 0.5) is 0 Å². The molecule has 1 heterocycles. The lowest BCUT2D eigenvalue weighted by Crippen LogP contribution is -1.95. The first kappa shape index (κ1) is 6.09. The molecule has 1 aromatic rings. The molecule has 0 radical (unpaired) electrons. The van der Waals surface area contributed by atoms with E-state index in [1.165, 1.54) is 12.8 Å². The third kappa shape index (κ3) is 0.794. The number of hydrogen-bond donors (Lipinski definition) is 1. The summed E-state index contributed by atoms with van der Waals surface area (Å²) >= 11 is 5.03. The Morgan fingerprint density at radius 2 is 2.40 bits per heavy atom. The number of aromatic amines is 1. The summed E-state index contributed by atoms with van der Waals surface area (Å²) in [5.74, 6) is 1.01. The predicted octanol–water partition coefficient (Wildman–Crippen LogP) is 1.58. The molecular weight excluding hydrogens is 146 g/mol. The third-order valence-corrected chi connectivity index (χ3v) is 2.08. The SMILES string of the molecule is Cc1n[nH]c(=S)n1C1CC1. The molecule has 0 saturated heterocycles. The fourth-order valence-corrected chi connectivity index (χ4v) is 1.47. The molecule has 1 N–H and O–H groups in total. The van der Waals surface area contributed by atoms with E-state index in [4.69, 9.17) is 12.2 Å². The zero-order valence-electron chi connectivity index (χ0n) is 5.79. The largest absolute Gasteiger partial charge is 0.301 e. The Morgan fingerprint density at radius 3 is 2.80 bits per heavy atom. The Labute approximate surface area is 64.1 Å². The van der Waals surface area contributed by atoms with Crippen molar-refractivity contribution in [3.05, 3.63) is 10.6 Å². The maximum absolute atomic E-state index is 5.03. The summed E-state index contributed by atoms with van der Waals surface area (Å²) in [5, 5.41) is 6.80. The Morgan fingerprint density at radius 1 is 1.70 bits per heavy atom. The van der Waals surface area contributed by atoms with Gasteiger partial charge in [0.15, 0.2) is 4.77 Å². The van der Waals surface area contributed by atoms with Crippen molar-refractivity contribution in [2.75, 3.05) is 0 Å². The lowest BCUT2D eigenvalue weighted by Gasteiger charge is -1.97. The van der Waals surface area contributed by atoms with Gasteiger partial charge in [-0.25, -0.2) is 0 Å². The standard InChI is InChI=1S/C6H9N3S/c1-4-7-8-6(10)9(4)5-2-3-5/h5H,2-3H2,1H3,(H,8,10). The fraction of sp³-hybridized carbons (Fsp3) is 0.667. The molecule has 54 valence electrons. The minimum Gasteiger partial charge on any atom is -0.301 e. The fourth-order valence-electron chi connectivity index (χ4n) is 1.15. The van der Waals surface area contributed by atoms with Crippen LogP contribution in [0.15, 0.2) is 0 Å². The highest BCUT2D eigenvalue weighted by molar-refractivity contribution is 7.71. The van der Waals surface area contributed by atoms with Gasteiger partial charge in [0.2, 0.25) is 0 Å². The monoisotopic (exact) mass is 155 g/mol. The van der Waals surface area contributed by atoms with Crippen LogP contribution in [0.1, 0.15) is 24.7 Å². The summed E-state index contributed by atoms with van der Waals surface area (Å²) in [5.41, 5.74) is 0. The molecule has 0 bridgehead atoms. The van der Waals surface area contributed by atoms with Crippen molar-refractivity contribution < 1.29 is 0 Å². The molecule has 10 heavy (non-hydrogen) atoms. The number of hydrogen-bond acceptors (Lipinski definition) is 2. The first-order chi connectivity index (χ1) is 4.79. The van der Waals surface area contributed by atoms with Crippen molar-refractivity contribution in [1.82, 2.24) is 14.8 Å². The second-order valence-corrected chi connectivity index (χ2v) is 3.06. The van der Waals surface area contributed by atoms with Gasteiger partial charge >= 0.3 is 0 Å². The van der Waals surface area contributed by atoms with Crippen molar-refractivity contribution in [3.63, 3.8) is 0 Å². The van der Waals surface area contributed by atoms with E-state index < -0.39 is 0 Å². The van der Waals surface area contributed by atoms with E-state index in [-0.39, 0.29) is 0 Å². The topological polar surface area (TPSA) is 33.6 Å². The van der Waals surface area contributed by atoms with Crippen molar-refractivity contribution in [2.24, 2.45) is 0 Å². The maximum atomic E-state index is 5.03. The molecule has 1 aromatic heterocycles. The van der Waals surface area contributed by atoms with Crippen molar-refractivity contribution in [3.8, 4) is 0 Å². The van der Waals surface area contributed by atoms with E-state index in [1.807, 2.05) is 6.92 Å². The summed E-state index contributed by atoms with van der Waals surface area (Å²) in [6.45, 7) is 1.98. The van der Waals surface area contributed by atoms with Crippen LogP contribution < -0.4 is 0 Å². The third-order valence-electron chi connectivity index (χ3n) is 1.79. The number of nitrogens with one attached hydrogen (secondary N) is 1. The number of nitrogens with zero attached hydrogens (tertiary/aromatic N) is 2. The normalized spacial score (nSPS) is 17.7. The highest BCUT2D eigenvalue weighted by Crippen LogP contribution is 2.35. The van der Waals surface area contributed by atoms with Crippen LogP contribution in [0, 0.1) is 11.7 Å². The van der Waals surface area contributed by atoms with Crippen molar-refractivity contribution >= 4 is 12.2 Å². The van der Waals surface area contributed by atoms with Crippen LogP contribution in [-0.4, -0.2) is 14.8 Å². The minimum absolute atomic E-state index is 0.645. The number of aromatic nitrogens is 3. The highest BCUT2D eigenvalue weighted by atomic mass is 32.1. The van der Waals surface area contributed by atoms with Crippen LogP contribution in [0.3, 0.4) is 0 Å². The van der Waals surface area contributed by atoms with Gasteiger partial charge in [-0.3, -0.25) is 5.10 Å². The minimum atomic E-state index is 0.645. The second-order valence-electron chi connectivity index (χ2n) is 2.68. The molecule has 0 amide bonds. The molecule has 3 nitrogen and oxygen atoms in total. The van der Waals surface area contributed by atoms with Gasteiger partial charge in [-0.2, -0.15) is 5.10 Å². The Kier molecular flexibility index (Phi) is 1.17. The molecule has 2 rings (SSSR count). The van der Waals surface area contributed by atoms with Crippen LogP contribution in [-0.2, 0) is 0 Å². The average molecular weight is 155 g/mol. The van der Waals surface area contributed by atoms with Gasteiger partial charge in [0, 0.05) is 6.04 Å². The van der Waals surface area contributed by atoms with Gasteiger partial charge in [-0.15, -0.1) is 0 Å². The van der Waals surface area contributed by atoms with Crippen LogP contribution in [0.2, 0.25) is 0 Å². The zero-order chi connectivity index (χ0) is 7.14. The first-order valence-electron chi connectivity index (χ1n) is 3.42. The number of aryl methyl sites for hydroxylation is 1. The Bertz CT molecular complexity index is 294. The van der Waals surface area contributed by atoms with Gasteiger partial charge in [0.1, 0.15) is 5.82 Å². The van der Waals surface area contributed by atoms with E-state index in [2.05, 4.69) is 14.8 Å². The smallest absolute Gasteiger partial charge is 0.195 e. The summed E-state index contributed by atoms with van der Waals surface area (Å²) in [7, 11) is 0. The van der Waals surface area contributed by atoms with Crippen molar-refractivity contribution in [2.45, 2.75) is 25.8 Å². The molecule has 1 aliphatic carbocycles. The molecule has 0 aromatic carbocycles. The van der Waals surface area contributed by atoms with Gasteiger partial charge in [-0.05, 0) is 32.0 Å². The number of H-pyrrole nitrogens is 1. The van der Waals surface area contributed by atoms with Gasteiger partial charge in [-0.1, -0.05) is 0 Å². The lowest BCUT2D eigenvalue weighted by atomic mass is 10.6. The molecule has 1 fully saturated rings. The average Bonchev–Trinajstić information content (AvgIpc) is 2.64. The first-order valence-corrected chi connectivity index (χ1v) is 3.83. The molecule has 4 heteroatoms. The summed E-state index contributed by atoms with van der Waals surface area (Å²) in [6.07, 6.45) is 2.52. The van der Waals surface area contributed by atoms with Gasteiger partial charge in [0.05, 0.1) is 0 Å². The molecular formula is C6H9N3S. The van der Waals surface area contributed by atoms with Gasteiger partial charge < -0.3 is 4.57 Å². The molecule has 0 unspecified atom stereocenters. The predicted molar refractivity (Wildman–Crippen MR) is 40.4 cm³/mol. The van der Waals surface area contributed by atoms with Crippen molar-refractivity contribution in [1.29, 1.82) is 0 Å². The van der Waals surface area contributed by atoms with Crippen LogP contribution in [0.5, 0.6) is 0 Å². The van der Waals surface area contributed by atoms with E-state index in [0.29, 0.717) is 6.04 Å². The van der Waals surface area contributed by atoms with E-state index >= 15 is 0 Å². The van der Waals surface area contributed by atoms with Gasteiger partial charge in [0.25, 0.3) is 0 Å². The quantitative estimate of drug-likeness (QED) is 0.625. The van der Waals surface area contributed by atoms with Crippen LogP contribution in [0.25, 0.3) is 0 Å². The highest BCUT2D eigenvalue weighted by Gasteiger charge is 2.25. The molecule has 0 spiro atoms. The van der Waals surface area contributed by atoms with Crippen LogP contribution >= 0.6 is 12.2 Å².